The van der Waals surface area contributed by atoms with Crippen LogP contribution in [0.1, 0.15) is 33.1 Å². The van der Waals surface area contributed by atoms with Crippen molar-refractivity contribution in [2.45, 2.75) is 32.9 Å². The van der Waals surface area contributed by atoms with Crippen LogP contribution in [0.3, 0.4) is 0 Å². The molecule has 1 unspecified atom stereocenters. The highest BCUT2D eigenvalue weighted by molar-refractivity contribution is 7.60. The Morgan fingerprint density at radius 3 is 2.57 bits per heavy atom. The molecule has 0 fully saturated rings. The Labute approximate surface area is 175 Å². The number of aryl methyl sites for hydroxylation is 1. The summed E-state index contributed by atoms with van der Waals surface area (Å²) in [7, 11) is -10.2. The van der Waals surface area contributed by atoms with Gasteiger partial charge in [-0.2, -0.15) is 8.88 Å². The molecule has 0 radical (unpaired) electrons. The van der Waals surface area contributed by atoms with E-state index in [0.717, 1.165) is 11.3 Å². The van der Waals surface area contributed by atoms with Gasteiger partial charge in [-0.15, -0.1) is 0 Å². The molecule has 2 atom stereocenters. The Kier molecular flexibility index (Phi) is 8.19. The third-order valence-corrected chi connectivity index (χ3v) is 7.51. The number of aliphatic hydroxyl groups excluding tert-OH is 1. The fourth-order valence-electron chi connectivity index (χ4n) is 2.53. The van der Waals surface area contributed by atoms with Crippen molar-refractivity contribution in [1.29, 1.82) is 0 Å². The Morgan fingerprint density at radius 1 is 1.33 bits per heavy atom. The van der Waals surface area contributed by atoms with E-state index in [9.17, 15) is 23.5 Å². The van der Waals surface area contributed by atoms with Crippen molar-refractivity contribution in [3.05, 3.63) is 33.2 Å². The van der Waals surface area contributed by atoms with Crippen molar-refractivity contribution in [2.75, 3.05) is 19.0 Å². The number of nitrogens with zero attached hydrogens (tertiary/aromatic N) is 3. The van der Waals surface area contributed by atoms with E-state index in [0.29, 0.717) is 22.0 Å². The molecule has 0 aliphatic rings. The molecule has 0 spiro atoms. The van der Waals surface area contributed by atoms with Gasteiger partial charge in [0.05, 0.1) is 17.0 Å². The van der Waals surface area contributed by atoms with Gasteiger partial charge in [-0.05, 0) is 6.92 Å². The van der Waals surface area contributed by atoms with E-state index in [1.807, 2.05) is 0 Å². The largest absolute Gasteiger partial charge is 0.481 e. The maximum Gasteiger partial charge on any atom is 0.481 e. The Balaban J connectivity index is 2.23. The first-order valence-corrected chi connectivity index (χ1v) is 12.3. The normalized spacial score (nSPS) is 15.2. The van der Waals surface area contributed by atoms with Gasteiger partial charge in [0.15, 0.2) is 18.3 Å². The summed E-state index contributed by atoms with van der Waals surface area (Å²) in [6, 6.07) is 0. The van der Waals surface area contributed by atoms with Crippen LogP contribution >= 0.6 is 27.0 Å². The topological polar surface area (TPSA) is 189 Å². The van der Waals surface area contributed by atoms with Gasteiger partial charge in [0.1, 0.15) is 18.3 Å². The number of nitrogens with two attached hydrogens (primary N) is 1. The minimum absolute atomic E-state index is 0.0322. The van der Waals surface area contributed by atoms with Crippen LogP contribution in [0.2, 0.25) is 0 Å². The van der Waals surface area contributed by atoms with Crippen molar-refractivity contribution in [3.8, 4) is 0 Å². The molecule has 0 saturated heterocycles. The van der Waals surface area contributed by atoms with E-state index in [1.54, 1.807) is 18.4 Å². The summed E-state index contributed by atoms with van der Waals surface area (Å²) in [5.74, 6) is 0.720. The number of halogens is 1. The molecular formula is C14H22FN4O8P2S+. The number of alkyl halides is 1. The van der Waals surface area contributed by atoms with E-state index in [1.165, 1.54) is 6.20 Å². The summed E-state index contributed by atoms with van der Waals surface area (Å²) in [6.07, 6.45) is 0.153. The molecule has 2 aromatic heterocycles. The smallest absolute Gasteiger partial charge is 0.383 e. The van der Waals surface area contributed by atoms with Crippen molar-refractivity contribution in [3.63, 3.8) is 0 Å². The van der Waals surface area contributed by atoms with Gasteiger partial charge in [-0.1, -0.05) is 11.3 Å². The number of thiazole rings is 1. The first kappa shape index (κ1) is 24.9. The van der Waals surface area contributed by atoms with Gasteiger partial charge in [0.2, 0.25) is 0 Å². The minimum atomic E-state index is -5.22. The lowest BCUT2D eigenvalue weighted by Crippen LogP contribution is -2.41. The van der Waals surface area contributed by atoms with Gasteiger partial charge in [-0.25, -0.2) is 23.5 Å². The molecule has 2 aromatic rings. The average Bonchev–Trinajstić information content (AvgIpc) is 2.90. The van der Waals surface area contributed by atoms with Crippen LogP contribution in [0.25, 0.3) is 0 Å². The van der Waals surface area contributed by atoms with Gasteiger partial charge in [0.25, 0.3) is 5.01 Å². The molecule has 12 nitrogen and oxygen atoms in total. The highest BCUT2D eigenvalue weighted by atomic mass is 32.1. The second-order valence-corrected chi connectivity index (χ2v) is 10.1. The average molecular weight is 487 g/mol. The molecule has 6 N–H and O–H groups in total. The number of phosphoric acid groups is 2. The summed E-state index contributed by atoms with van der Waals surface area (Å²) < 4.78 is 45.3. The number of aliphatic hydroxyl groups is 1. The second kappa shape index (κ2) is 9.86. The fraction of sp³-hybridized carbons (Fsp3) is 0.500. The third-order valence-electron chi connectivity index (χ3n) is 3.87. The Hall–Kier alpha value is -1.34. The molecule has 168 valence electrons. The van der Waals surface area contributed by atoms with Gasteiger partial charge < -0.3 is 25.5 Å². The van der Waals surface area contributed by atoms with Crippen molar-refractivity contribution >= 4 is 32.8 Å². The summed E-state index contributed by atoms with van der Waals surface area (Å²) in [5.41, 5.74) is 7.07. The predicted octanol–water partition coefficient (Wildman–Crippen LogP) is 0.845. The predicted molar refractivity (Wildman–Crippen MR) is 103 cm³/mol. The van der Waals surface area contributed by atoms with Crippen LogP contribution in [0, 0.1) is 13.8 Å². The molecule has 16 heteroatoms. The number of aromatic nitrogens is 3. The van der Waals surface area contributed by atoms with Gasteiger partial charge >= 0.3 is 15.6 Å². The lowest BCUT2D eigenvalue weighted by atomic mass is 10.2. The molecule has 2 heterocycles. The number of hydrogen-bond donors (Lipinski definition) is 5. The van der Waals surface area contributed by atoms with Crippen molar-refractivity contribution < 1.29 is 46.7 Å². The zero-order valence-corrected chi connectivity index (χ0v) is 18.6. The maximum atomic E-state index is 13.1. The van der Waals surface area contributed by atoms with E-state index in [2.05, 4.69) is 18.8 Å². The maximum absolute atomic E-state index is 13.1. The third kappa shape index (κ3) is 6.84. The molecule has 2 rings (SSSR count). The van der Waals surface area contributed by atoms with E-state index in [-0.39, 0.29) is 23.8 Å². The number of phosphoric ester groups is 1. The summed E-state index contributed by atoms with van der Waals surface area (Å²) in [5, 5.41) is 10.3. The molecule has 0 aliphatic carbocycles. The molecule has 30 heavy (non-hydrogen) atoms. The lowest BCUT2D eigenvalue weighted by molar-refractivity contribution is -0.700. The number of hydrogen-bond acceptors (Lipinski definition) is 9. The molecular weight excluding hydrogens is 465 g/mol. The van der Waals surface area contributed by atoms with Crippen LogP contribution in [-0.2, 0) is 30.9 Å². The first-order chi connectivity index (χ1) is 13.8. The zero-order valence-electron chi connectivity index (χ0n) is 16.0. The number of rotatable bonds is 10. The molecule has 0 saturated carbocycles. The van der Waals surface area contributed by atoms with Crippen molar-refractivity contribution in [2.24, 2.45) is 0 Å². The summed E-state index contributed by atoms with van der Waals surface area (Å²) >= 11 is 1.06. The first-order valence-electron chi connectivity index (χ1n) is 8.41. The lowest BCUT2D eigenvalue weighted by Gasteiger charge is -2.11. The van der Waals surface area contributed by atoms with E-state index >= 15 is 0 Å². The van der Waals surface area contributed by atoms with Crippen molar-refractivity contribution in [1.82, 2.24) is 9.97 Å². The van der Waals surface area contributed by atoms with E-state index < -0.39 is 35.0 Å². The molecule has 0 amide bonds. The highest BCUT2D eigenvalue weighted by Crippen LogP contribution is 2.57. The Bertz CT molecular complexity index is 1000. The molecule has 0 aromatic carbocycles. The summed E-state index contributed by atoms with van der Waals surface area (Å²) in [4.78, 5) is 35.3. The molecule has 0 aliphatic heterocycles. The SMILES string of the molecule is Cc1ncc(C[n+]2c([C@H](O)CF)sc(CCOP(=O)(O)OP(=O)(O)O)c2C)c(N)n1. The van der Waals surface area contributed by atoms with Crippen LogP contribution in [-0.4, -0.2) is 43.0 Å². The Morgan fingerprint density at radius 2 is 2.00 bits per heavy atom. The standard InChI is InChI=1S/C14H21FN4O8P2S/c1-8-12(3-4-26-29(24,25)27-28(21,22)23)30-14(11(20)5-15)19(8)7-10-6-17-9(2)18-13(10)16/h6,11,20H,3-5,7H2,1-2H3,(H4-,16,17,18,21,22,23,24,25)/p+1/t11-/m1/s1. The van der Waals surface area contributed by atoms with Gasteiger partial charge in [-0.3, -0.25) is 4.52 Å². The van der Waals surface area contributed by atoms with Crippen LogP contribution in [0.4, 0.5) is 10.2 Å². The minimum Gasteiger partial charge on any atom is -0.383 e. The highest BCUT2D eigenvalue weighted by Gasteiger charge is 2.33. The summed E-state index contributed by atoms with van der Waals surface area (Å²) in [6.45, 7) is 2.07. The fourth-order valence-corrected chi connectivity index (χ4v) is 5.32. The second-order valence-electron chi connectivity index (χ2n) is 6.16. The molecule has 0 bridgehead atoms. The van der Waals surface area contributed by atoms with Gasteiger partial charge in [0, 0.05) is 19.5 Å². The zero-order chi connectivity index (χ0) is 22.7. The van der Waals surface area contributed by atoms with E-state index in [4.69, 9.17) is 15.5 Å². The van der Waals surface area contributed by atoms with Crippen LogP contribution < -0.4 is 10.3 Å². The number of anilines is 1. The van der Waals surface area contributed by atoms with Crippen LogP contribution in [0.5, 0.6) is 0 Å². The number of nitrogen functional groups attached to an aromatic ring is 1. The quantitative estimate of drug-likeness (QED) is 0.236. The monoisotopic (exact) mass is 487 g/mol. The van der Waals surface area contributed by atoms with Crippen LogP contribution in [0.15, 0.2) is 6.20 Å².